The first-order valence-corrected chi connectivity index (χ1v) is 8.51. The first-order chi connectivity index (χ1) is 11.8. The summed E-state index contributed by atoms with van der Waals surface area (Å²) in [7, 11) is 0. The van der Waals surface area contributed by atoms with Crippen LogP contribution in [0.2, 0.25) is 0 Å². The fraction of sp³-hybridized carbons (Fsp3) is 0.350. The Morgan fingerprint density at radius 1 is 1.16 bits per heavy atom. The monoisotopic (exact) mass is 337 g/mol. The van der Waals surface area contributed by atoms with E-state index in [2.05, 4.69) is 21.7 Å². The standard InChI is InChI=1S/C20H23N3O2/c1-20(2,3)23-19(25)17-12-14(10-11-21-17)22-18(24)16-9-8-13-6-4-5-7-15(13)16/h4-7,10-12,16H,8-9H2,1-3H3,(H,23,25)(H,21,22,24)/t16-/m0/s1. The molecule has 0 saturated heterocycles. The van der Waals surface area contributed by atoms with Crippen molar-refractivity contribution in [2.24, 2.45) is 0 Å². The van der Waals surface area contributed by atoms with Gasteiger partial charge in [0.1, 0.15) is 5.69 Å². The van der Waals surface area contributed by atoms with Gasteiger partial charge in [0.05, 0.1) is 5.92 Å². The average molecular weight is 337 g/mol. The fourth-order valence-corrected chi connectivity index (χ4v) is 3.10. The van der Waals surface area contributed by atoms with E-state index >= 15 is 0 Å². The molecule has 5 heteroatoms. The highest BCUT2D eigenvalue weighted by atomic mass is 16.2. The Kier molecular flexibility index (Phi) is 4.57. The molecule has 1 aliphatic carbocycles. The highest BCUT2D eigenvalue weighted by molar-refractivity contribution is 5.98. The van der Waals surface area contributed by atoms with Gasteiger partial charge in [0.2, 0.25) is 5.91 Å². The van der Waals surface area contributed by atoms with Crippen LogP contribution >= 0.6 is 0 Å². The predicted octanol–water partition coefficient (Wildman–Crippen LogP) is 3.28. The lowest BCUT2D eigenvalue weighted by atomic mass is 10.0. The molecule has 2 aromatic rings. The number of pyridine rings is 1. The van der Waals surface area contributed by atoms with E-state index in [-0.39, 0.29) is 23.3 Å². The minimum Gasteiger partial charge on any atom is -0.346 e. The second-order valence-corrected chi connectivity index (χ2v) is 7.41. The topological polar surface area (TPSA) is 71.1 Å². The van der Waals surface area contributed by atoms with Gasteiger partial charge in [0.15, 0.2) is 0 Å². The molecule has 0 spiro atoms. The molecule has 0 saturated carbocycles. The third-order valence-corrected chi connectivity index (χ3v) is 4.20. The molecule has 0 radical (unpaired) electrons. The van der Waals surface area contributed by atoms with Crippen LogP contribution in [-0.4, -0.2) is 22.3 Å². The number of aromatic nitrogens is 1. The zero-order valence-corrected chi connectivity index (χ0v) is 14.8. The average Bonchev–Trinajstić information content (AvgIpc) is 2.97. The lowest BCUT2D eigenvalue weighted by Crippen LogP contribution is -2.40. The first kappa shape index (κ1) is 17.1. The molecule has 0 fully saturated rings. The maximum Gasteiger partial charge on any atom is 0.270 e. The summed E-state index contributed by atoms with van der Waals surface area (Å²) in [6.45, 7) is 5.73. The quantitative estimate of drug-likeness (QED) is 0.903. The van der Waals surface area contributed by atoms with Crippen LogP contribution in [0.4, 0.5) is 5.69 Å². The van der Waals surface area contributed by atoms with Crippen molar-refractivity contribution >= 4 is 17.5 Å². The van der Waals surface area contributed by atoms with Crippen LogP contribution in [0.5, 0.6) is 0 Å². The van der Waals surface area contributed by atoms with Gasteiger partial charge in [-0.05, 0) is 56.9 Å². The van der Waals surface area contributed by atoms with Gasteiger partial charge in [-0.15, -0.1) is 0 Å². The Balaban J connectivity index is 1.73. The van der Waals surface area contributed by atoms with Crippen LogP contribution in [0.15, 0.2) is 42.6 Å². The van der Waals surface area contributed by atoms with Gasteiger partial charge in [-0.1, -0.05) is 24.3 Å². The zero-order valence-electron chi connectivity index (χ0n) is 14.8. The maximum absolute atomic E-state index is 12.7. The van der Waals surface area contributed by atoms with Gasteiger partial charge >= 0.3 is 0 Å². The van der Waals surface area contributed by atoms with Crippen molar-refractivity contribution in [2.45, 2.75) is 45.1 Å². The smallest absolute Gasteiger partial charge is 0.270 e. The number of carbonyl (C=O) groups is 2. The number of carbonyl (C=O) groups excluding carboxylic acids is 2. The summed E-state index contributed by atoms with van der Waals surface area (Å²) in [6, 6.07) is 11.4. The van der Waals surface area contributed by atoms with Crippen LogP contribution in [0, 0.1) is 0 Å². The molecule has 130 valence electrons. The van der Waals surface area contributed by atoms with Crippen molar-refractivity contribution in [2.75, 3.05) is 5.32 Å². The van der Waals surface area contributed by atoms with Crippen LogP contribution in [0.25, 0.3) is 0 Å². The summed E-state index contributed by atoms with van der Waals surface area (Å²) in [6.07, 6.45) is 3.27. The Hall–Kier alpha value is -2.69. The molecule has 3 rings (SSSR count). The molecule has 1 aromatic heterocycles. The third kappa shape index (κ3) is 4.05. The van der Waals surface area contributed by atoms with Crippen LogP contribution in [0.1, 0.15) is 54.7 Å². The second-order valence-electron chi connectivity index (χ2n) is 7.41. The number of fused-ring (bicyclic) bond motifs is 1. The maximum atomic E-state index is 12.7. The van der Waals surface area contributed by atoms with Crippen molar-refractivity contribution in [3.8, 4) is 0 Å². The van der Waals surface area contributed by atoms with Gasteiger partial charge in [-0.25, -0.2) is 0 Å². The first-order valence-electron chi connectivity index (χ1n) is 8.51. The Bertz CT molecular complexity index is 809. The highest BCUT2D eigenvalue weighted by Crippen LogP contribution is 2.33. The SMILES string of the molecule is CC(C)(C)NC(=O)c1cc(NC(=O)[C@H]2CCc3ccccc32)ccn1. The Labute approximate surface area is 147 Å². The van der Waals surface area contributed by atoms with Crippen molar-refractivity contribution in [3.05, 3.63) is 59.4 Å². The lowest BCUT2D eigenvalue weighted by molar-refractivity contribution is -0.117. The molecule has 0 bridgehead atoms. The number of nitrogens with one attached hydrogen (secondary N) is 2. The molecule has 1 atom stereocenters. The van der Waals surface area contributed by atoms with E-state index in [0.717, 1.165) is 18.4 Å². The minimum atomic E-state index is -0.342. The Morgan fingerprint density at radius 3 is 2.68 bits per heavy atom. The van der Waals surface area contributed by atoms with Crippen molar-refractivity contribution in [1.29, 1.82) is 0 Å². The van der Waals surface area contributed by atoms with Crippen LogP contribution in [-0.2, 0) is 11.2 Å². The van der Waals surface area contributed by atoms with E-state index in [0.29, 0.717) is 11.4 Å². The number of nitrogens with zero attached hydrogens (tertiary/aromatic N) is 1. The van der Waals surface area contributed by atoms with Crippen LogP contribution < -0.4 is 10.6 Å². The van der Waals surface area contributed by atoms with Gasteiger partial charge < -0.3 is 10.6 Å². The fourth-order valence-electron chi connectivity index (χ4n) is 3.10. The minimum absolute atomic E-state index is 0.0432. The molecule has 2 N–H and O–H groups in total. The Morgan fingerprint density at radius 2 is 1.92 bits per heavy atom. The van der Waals surface area contributed by atoms with Gasteiger partial charge in [-0.2, -0.15) is 0 Å². The van der Waals surface area contributed by atoms with E-state index in [1.807, 2.05) is 39.0 Å². The van der Waals surface area contributed by atoms with E-state index in [1.165, 1.54) is 11.8 Å². The largest absolute Gasteiger partial charge is 0.346 e. The van der Waals surface area contributed by atoms with E-state index < -0.39 is 0 Å². The molecule has 1 aliphatic rings. The second kappa shape index (κ2) is 6.67. The van der Waals surface area contributed by atoms with E-state index in [4.69, 9.17) is 0 Å². The van der Waals surface area contributed by atoms with E-state index in [9.17, 15) is 9.59 Å². The molecular formula is C20H23N3O2. The summed E-state index contributed by atoms with van der Waals surface area (Å²) in [5.74, 6) is -0.440. The molecule has 5 nitrogen and oxygen atoms in total. The van der Waals surface area contributed by atoms with Gasteiger partial charge in [-0.3, -0.25) is 14.6 Å². The number of hydrogen-bond donors (Lipinski definition) is 2. The number of rotatable bonds is 3. The normalized spacial score (nSPS) is 16.2. The molecular weight excluding hydrogens is 314 g/mol. The van der Waals surface area contributed by atoms with Gasteiger partial charge in [0, 0.05) is 17.4 Å². The van der Waals surface area contributed by atoms with Gasteiger partial charge in [0.25, 0.3) is 5.91 Å². The number of hydrogen-bond acceptors (Lipinski definition) is 3. The van der Waals surface area contributed by atoms with Crippen molar-refractivity contribution in [3.63, 3.8) is 0 Å². The van der Waals surface area contributed by atoms with Crippen molar-refractivity contribution in [1.82, 2.24) is 10.3 Å². The molecule has 0 unspecified atom stereocenters. The molecule has 25 heavy (non-hydrogen) atoms. The summed E-state index contributed by atoms with van der Waals surface area (Å²) in [5.41, 5.74) is 2.87. The third-order valence-electron chi connectivity index (χ3n) is 4.20. The number of anilines is 1. The lowest BCUT2D eigenvalue weighted by Gasteiger charge is -2.20. The molecule has 0 aliphatic heterocycles. The highest BCUT2D eigenvalue weighted by Gasteiger charge is 2.28. The summed E-state index contributed by atoms with van der Waals surface area (Å²) in [4.78, 5) is 29.0. The van der Waals surface area contributed by atoms with Crippen molar-refractivity contribution < 1.29 is 9.59 Å². The van der Waals surface area contributed by atoms with Crippen LogP contribution in [0.3, 0.4) is 0 Å². The number of benzene rings is 1. The molecule has 1 aromatic carbocycles. The summed E-state index contributed by atoms with van der Waals surface area (Å²) >= 11 is 0. The predicted molar refractivity (Wildman–Crippen MR) is 97.6 cm³/mol. The molecule has 1 heterocycles. The van der Waals surface area contributed by atoms with E-state index in [1.54, 1.807) is 12.1 Å². The summed E-state index contributed by atoms with van der Waals surface area (Å²) in [5, 5.41) is 5.79. The molecule has 2 amide bonds. The zero-order chi connectivity index (χ0) is 18.0. The summed E-state index contributed by atoms with van der Waals surface area (Å²) < 4.78 is 0. The number of amides is 2. The number of aryl methyl sites for hydroxylation is 1.